The normalized spacial score (nSPS) is 14.2. The summed E-state index contributed by atoms with van der Waals surface area (Å²) in [6.45, 7) is 12.5. The van der Waals surface area contributed by atoms with Crippen LogP contribution in [0.4, 0.5) is 5.95 Å². The van der Waals surface area contributed by atoms with E-state index in [1.807, 2.05) is 34.6 Å². The van der Waals surface area contributed by atoms with E-state index in [1.54, 1.807) is 49.0 Å². The van der Waals surface area contributed by atoms with Gasteiger partial charge in [0.25, 0.3) is 0 Å². The van der Waals surface area contributed by atoms with E-state index >= 15 is 0 Å². The van der Waals surface area contributed by atoms with E-state index in [1.165, 1.54) is 7.11 Å². The summed E-state index contributed by atoms with van der Waals surface area (Å²) in [6.07, 6.45) is 2.04. The number of hydrogen-bond donors (Lipinski definition) is 1. The predicted molar refractivity (Wildman–Crippen MR) is 147 cm³/mol. The van der Waals surface area contributed by atoms with Crippen molar-refractivity contribution in [1.29, 1.82) is 0 Å². The molecule has 2 unspecified atom stereocenters. The highest BCUT2D eigenvalue weighted by molar-refractivity contribution is 7.93. The number of aryl methyl sites for hydroxylation is 3. The van der Waals surface area contributed by atoms with Gasteiger partial charge in [-0.2, -0.15) is 0 Å². The third-order valence-corrected chi connectivity index (χ3v) is 8.07. The summed E-state index contributed by atoms with van der Waals surface area (Å²) < 4.78 is 48.6. The Labute approximate surface area is 233 Å². The molecule has 1 N–H and O–H groups in total. The van der Waals surface area contributed by atoms with E-state index in [-0.39, 0.29) is 17.9 Å². The van der Waals surface area contributed by atoms with Crippen molar-refractivity contribution in [2.45, 2.75) is 72.0 Å². The molecule has 0 aliphatic heterocycles. The molecule has 0 aliphatic carbocycles. The SMILES string of the molecule is COc1cccc(-c2nnc(NS(=O)(=O)C(C)C(OC(C)C)c3ncc(C)cn3)n2[C@H](C)c2c(C)noc2C)n1. The van der Waals surface area contributed by atoms with Crippen molar-refractivity contribution in [3.05, 3.63) is 59.0 Å². The molecule has 40 heavy (non-hydrogen) atoms. The van der Waals surface area contributed by atoms with Crippen molar-refractivity contribution in [1.82, 2.24) is 34.9 Å². The van der Waals surface area contributed by atoms with Crippen LogP contribution in [0.5, 0.6) is 5.88 Å². The summed E-state index contributed by atoms with van der Waals surface area (Å²) in [5.74, 6) is 1.55. The van der Waals surface area contributed by atoms with Crippen LogP contribution in [-0.4, -0.2) is 61.8 Å². The Morgan fingerprint density at radius 1 is 1.02 bits per heavy atom. The van der Waals surface area contributed by atoms with E-state index in [0.29, 0.717) is 28.9 Å². The molecule has 4 rings (SSSR count). The van der Waals surface area contributed by atoms with Crippen LogP contribution in [0.25, 0.3) is 11.5 Å². The lowest BCUT2D eigenvalue weighted by atomic mass is 10.1. The molecule has 4 aromatic heterocycles. The molecule has 13 nitrogen and oxygen atoms in total. The van der Waals surface area contributed by atoms with E-state index in [0.717, 1.165) is 11.1 Å². The lowest BCUT2D eigenvalue weighted by Gasteiger charge is -2.26. The molecular weight excluding hydrogens is 536 g/mol. The van der Waals surface area contributed by atoms with Crippen molar-refractivity contribution in [2.24, 2.45) is 0 Å². The molecular formula is C26H34N8O5S. The van der Waals surface area contributed by atoms with Crippen LogP contribution in [-0.2, 0) is 14.8 Å². The van der Waals surface area contributed by atoms with Crippen molar-refractivity contribution < 1.29 is 22.4 Å². The second-order valence-corrected chi connectivity index (χ2v) is 11.8. The smallest absolute Gasteiger partial charge is 0.240 e. The number of sulfonamides is 1. The van der Waals surface area contributed by atoms with Gasteiger partial charge in [0.1, 0.15) is 22.8 Å². The summed E-state index contributed by atoms with van der Waals surface area (Å²) in [5, 5.41) is 11.5. The van der Waals surface area contributed by atoms with Crippen LogP contribution in [0, 0.1) is 20.8 Å². The third-order valence-electron chi connectivity index (χ3n) is 6.37. The van der Waals surface area contributed by atoms with Gasteiger partial charge in [0.2, 0.25) is 21.9 Å². The number of nitrogens with zero attached hydrogens (tertiary/aromatic N) is 7. The second kappa shape index (κ2) is 11.7. The number of nitrogens with one attached hydrogen (secondary N) is 1. The fourth-order valence-electron chi connectivity index (χ4n) is 4.38. The average molecular weight is 571 g/mol. The Kier molecular flexibility index (Phi) is 8.49. The maximum Gasteiger partial charge on any atom is 0.240 e. The Balaban J connectivity index is 1.79. The Bertz CT molecular complexity index is 1550. The van der Waals surface area contributed by atoms with Crippen molar-refractivity contribution in [3.63, 3.8) is 0 Å². The van der Waals surface area contributed by atoms with Crippen LogP contribution in [0.2, 0.25) is 0 Å². The van der Waals surface area contributed by atoms with Gasteiger partial charge < -0.3 is 14.0 Å². The van der Waals surface area contributed by atoms with Gasteiger partial charge in [-0.05, 0) is 60.1 Å². The highest BCUT2D eigenvalue weighted by Crippen LogP contribution is 2.33. The quantitative estimate of drug-likeness (QED) is 0.278. The van der Waals surface area contributed by atoms with Gasteiger partial charge >= 0.3 is 0 Å². The van der Waals surface area contributed by atoms with Gasteiger partial charge in [-0.25, -0.2) is 23.4 Å². The largest absolute Gasteiger partial charge is 0.481 e. The molecule has 0 radical (unpaired) electrons. The van der Waals surface area contributed by atoms with Crippen molar-refractivity contribution in [2.75, 3.05) is 11.8 Å². The molecule has 4 aromatic rings. The zero-order valence-corrected chi connectivity index (χ0v) is 24.6. The Morgan fingerprint density at radius 2 is 1.73 bits per heavy atom. The van der Waals surface area contributed by atoms with Gasteiger partial charge in [0.15, 0.2) is 11.6 Å². The zero-order valence-electron chi connectivity index (χ0n) is 23.8. The minimum atomic E-state index is -4.11. The van der Waals surface area contributed by atoms with Crippen LogP contribution in [0.15, 0.2) is 35.1 Å². The molecule has 0 saturated heterocycles. The van der Waals surface area contributed by atoms with Crippen LogP contribution >= 0.6 is 0 Å². The molecule has 3 atom stereocenters. The molecule has 0 bridgehead atoms. The Morgan fingerprint density at radius 3 is 2.33 bits per heavy atom. The van der Waals surface area contributed by atoms with Crippen LogP contribution in [0.1, 0.15) is 68.2 Å². The van der Waals surface area contributed by atoms with Gasteiger partial charge in [-0.1, -0.05) is 11.2 Å². The molecule has 214 valence electrons. The van der Waals surface area contributed by atoms with E-state index < -0.39 is 27.4 Å². The van der Waals surface area contributed by atoms with Crippen molar-refractivity contribution >= 4 is 16.0 Å². The number of methoxy groups -OCH3 is 1. The Hall–Kier alpha value is -3.91. The average Bonchev–Trinajstić information content (AvgIpc) is 3.48. The first-order chi connectivity index (χ1) is 18.9. The zero-order chi connectivity index (χ0) is 29.2. The predicted octanol–water partition coefficient (Wildman–Crippen LogP) is 3.96. The summed E-state index contributed by atoms with van der Waals surface area (Å²) >= 11 is 0. The van der Waals surface area contributed by atoms with E-state index in [2.05, 4.69) is 35.0 Å². The highest BCUT2D eigenvalue weighted by atomic mass is 32.2. The highest BCUT2D eigenvalue weighted by Gasteiger charge is 2.36. The maximum absolute atomic E-state index is 13.8. The minimum absolute atomic E-state index is 0.00732. The summed E-state index contributed by atoms with van der Waals surface area (Å²) in [5.41, 5.74) is 2.72. The second-order valence-electron chi connectivity index (χ2n) is 9.77. The fourth-order valence-corrected chi connectivity index (χ4v) is 5.47. The monoisotopic (exact) mass is 570 g/mol. The molecule has 0 aromatic carbocycles. The standard InChI is InChI=1S/C26H34N8O5S/c1-14(2)38-23(24-27-12-15(3)13-28-24)19(7)40(35,36)33-26-31-30-25(20-10-9-11-21(29-20)37-8)34(26)17(5)22-16(4)32-39-18(22)6/h9-14,17,19,23H,1-8H3,(H,31,33)/t17-,19?,23?/m1/s1. The van der Waals surface area contributed by atoms with Crippen molar-refractivity contribution in [3.8, 4) is 17.4 Å². The number of rotatable bonds is 11. The summed E-state index contributed by atoms with van der Waals surface area (Å²) in [4.78, 5) is 13.2. The fraction of sp³-hybridized carbons (Fsp3) is 0.462. The molecule has 0 amide bonds. The molecule has 0 fully saturated rings. The lowest BCUT2D eigenvalue weighted by Crippen LogP contribution is -2.35. The number of ether oxygens (including phenoxy) is 2. The number of aromatic nitrogens is 7. The third kappa shape index (κ3) is 5.97. The topological polar surface area (TPSA) is 160 Å². The number of pyridine rings is 1. The number of anilines is 1. The van der Waals surface area contributed by atoms with E-state index in [9.17, 15) is 8.42 Å². The maximum atomic E-state index is 13.8. The molecule has 4 heterocycles. The van der Waals surface area contributed by atoms with Crippen LogP contribution in [0.3, 0.4) is 0 Å². The van der Waals surface area contributed by atoms with Gasteiger partial charge in [0.05, 0.1) is 24.9 Å². The van der Waals surface area contributed by atoms with Gasteiger partial charge in [-0.3, -0.25) is 9.29 Å². The molecule has 0 saturated carbocycles. The van der Waals surface area contributed by atoms with Gasteiger partial charge in [-0.15, -0.1) is 10.2 Å². The first-order valence-electron chi connectivity index (χ1n) is 12.8. The first-order valence-corrected chi connectivity index (χ1v) is 14.3. The summed E-state index contributed by atoms with van der Waals surface area (Å²) in [6, 6.07) is 4.74. The summed E-state index contributed by atoms with van der Waals surface area (Å²) in [7, 11) is -2.59. The van der Waals surface area contributed by atoms with Crippen LogP contribution < -0.4 is 9.46 Å². The van der Waals surface area contributed by atoms with E-state index in [4.69, 9.17) is 14.0 Å². The first kappa shape index (κ1) is 29.1. The molecule has 14 heteroatoms. The van der Waals surface area contributed by atoms with Gasteiger partial charge in [0, 0.05) is 24.0 Å². The molecule has 0 aliphatic rings. The molecule has 0 spiro atoms. The minimum Gasteiger partial charge on any atom is -0.481 e. The lowest BCUT2D eigenvalue weighted by molar-refractivity contribution is 0.00152. The number of hydrogen-bond acceptors (Lipinski definition) is 11.